The lowest BCUT2D eigenvalue weighted by Crippen LogP contribution is -2.55. The van der Waals surface area contributed by atoms with Gasteiger partial charge in [-0.05, 0) is 89.9 Å². The predicted molar refractivity (Wildman–Crippen MR) is 479 cm³/mol. The molecule has 3 fully saturated rings. The highest BCUT2D eigenvalue weighted by Gasteiger charge is 2.47. The second-order valence-electron chi connectivity index (χ2n) is 33.4. The highest BCUT2D eigenvalue weighted by Crippen LogP contribution is 2.36. The summed E-state index contributed by atoms with van der Waals surface area (Å²) in [6.45, 7) is 14.6. The number of ether oxygens (including phenoxy) is 19. The number of rotatable bonds is 70. The number of Topliss-reactive ketones (excluding diaryl/α,β-unsaturated/α-hetero) is 1. The third-order valence-corrected chi connectivity index (χ3v) is 22.6. The molecule has 4 aliphatic heterocycles. The molecule has 0 aliphatic carbocycles. The van der Waals surface area contributed by atoms with Crippen LogP contribution in [0, 0.1) is 31.0 Å². The van der Waals surface area contributed by atoms with Crippen LogP contribution < -0.4 is 20.7 Å². The molecule has 3 amide bonds. The Labute approximate surface area is 792 Å². The summed E-state index contributed by atoms with van der Waals surface area (Å²) in [5.74, 6) is -3.36. The molecule has 0 spiro atoms. The molecule has 0 saturated carbocycles. The summed E-state index contributed by atoms with van der Waals surface area (Å²) in [6, 6.07) is 11.1. The summed E-state index contributed by atoms with van der Waals surface area (Å²) in [5.41, 5.74) is 1.93. The van der Waals surface area contributed by atoms with E-state index >= 15 is 0 Å². The van der Waals surface area contributed by atoms with Crippen LogP contribution in [-0.2, 0) is 109 Å². The van der Waals surface area contributed by atoms with Crippen LogP contribution in [0.5, 0.6) is 11.5 Å². The zero-order valence-electron chi connectivity index (χ0n) is 78.3. The molecule has 762 valence electrons. The van der Waals surface area contributed by atoms with Crippen molar-refractivity contribution in [1.82, 2.24) is 65.9 Å². The van der Waals surface area contributed by atoms with Crippen molar-refractivity contribution in [2.45, 2.75) is 165 Å². The summed E-state index contributed by atoms with van der Waals surface area (Å²) in [4.78, 5) is 69.9. The van der Waals surface area contributed by atoms with E-state index in [9.17, 15) is 64.1 Å². The standard InChI is InChI=1S/C90H134FN15O31/c1-59-50-105(101-96-59)83-62(4)136-78(85(113)87(83)115)54-129-43-40-126-37-34-123-31-28-120-25-18-93-81(111)15-22-132-57-90(49-66(107)7-6-20-134-67-10-12-70-64(45-67)8-11-71(95-70)74-52-104(103-100-74)65-9-13-75(108)69(91)46-65,58-133-23-16-82(112)94-19-26-121-29-32-124-35-38-127-41-44-130-55-79-86(114)88(116)84(63(5)137-79)106-51-60(2)97-102-106)56-131-21-14-80(110)92-17-24-119-27-30-122-33-36-125-39-42-128-53-77-76(109)47-68(61(3)135-77)72-48-73(89(117)118)99-98-72/h8-13,45-46,48,50-52,61-63,68,72,76-79,83-88,108-109,113-116H,6-7,14-44,47,49,53-58H2,1-5H3,(H,92,110)(H,93,111)(H,94,112)(H,117,118)/t61-,62-,63-,68+,72?,76+,77+,78+,79+,83-,84-,85-,86-,87+,88+/m0/s1. The van der Waals surface area contributed by atoms with Crippen molar-refractivity contribution in [2.75, 3.05) is 224 Å². The Morgan fingerprint density at radius 1 is 0.482 bits per heavy atom. The number of pyridine rings is 1. The third-order valence-electron chi connectivity index (χ3n) is 22.6. The van der Waals surface area contributed by atoms with Gasteiger partial charge in [-0.2, -0.15) is 5.11 Å². The monoisotopic (exact) mass is 1940 g/mol. The number of carbonyl (C=O) groups excluding carboxylic acids is 4. The normalized spacial score (nSPS) is 22.3. The van der Waals surface area contributed by atoms with E-state index in [1.54, 1.807) is 64.5 Å². The van der Waals surface area contributed by atoms with Gasteiger partial charge in [-0.15, -0.1) is 20.4 Å². The molecule has 47 heteroatoms. The molecule has 0 bridgehead atoms. The third kappa shape index (κ3) is 37.7. The van der Waals surface area contributed by atoms with Gasteiger partial charge in [0.15, 0.2) is 17.3 Å². The number of carbonyl (C=O) groups is 5. The highest BCUT2D eigenvalue weighted by atomic mass is 19.1. The molecule has 4 aromatic heterocycles. The number of phenolic OH excluding ortho intramolecular Hbond substituents is 1. The topological polar surface area (TPSA) is 568 Å². The maximum absolute atomic E-state index is 14.3. The van der Waals surface area contributed by atoms with E-state index < -0.39 is 102 Å². The first-order valence-electron chi connectivity index (χ1n) is 46.3. The average molecular weight is 1940 g/mol. The van der Waals surface area contributed by atoms with E-state index in [2.05, 4.69) is 57.1 Å². The predicted octanol–water partition coefficient (Wildman–Crippen LogP) is 1.46. The van der Waals surface area contributed by atoms with Crippen molar-refractivity contribution in [1.29, 1.82) is 0 Å². The number of aromatic hydroxyl groups is 1. The number of fused-ring (bicyclic) bond motifs is 1. The quantitative estimate of drug-likeness (QED) is 0.0242. The number of carboxylic acid groups (broad SMARTS) is 1. The van der Waals surface area contributed by atoms with Crippen molar-refractivity contribution in [3.8, 4) is 28.6 Å². The Hall–Kier alpha value is -9.23. The van der Waals surface area contributed by atoms with Crippen LogP contribution in [-0.4, -0.2) is 413 Å². The van der Waals surface area contributed by atoms with Crippen molar-refractivity contribution in [3.63, 3.8) is 0 Å². The minimum absolute atomic E-state index is 0.0449. The number of ketones is 1. The summed E-state index contributed by atoms with van der Waals surface area (Å²) in [6.07, 6.45) is -2.03. The molecule has 137 heavy (non-hydrogen) atoms. The number of benzene rings is 2. The van der Waals surface area contributed by atoms with Gasteiger partial charge in [-0.25, -0.2) is 28.2 Å². The number of aliphatic carboxylic acids is 1. The van der Waals surface area contributed by atoms with Crippen LogP contribution in [0.4, 0.5) is 4.39 Å². The van der Waals surface area contributed by atoms with Crippen LogP contribution >= 0.6 is 0 Å². The second-order valence-corrected chi connectivity index (χ2v) is 33.4. The first-order valence-corrected chi connectivity index (χ1v) is 46.3. The number of hydrogen-bond donors (Lipinski definition) is 10. The van der Waals surface area contributed by atoms with Crippen LogP contribution in [0.1, 0.15) is 89.2 Å². The largest absolute Gasteiger partial charge is 0.505 e. The fourth-order valence-corrected chi connectivity index (χ4v) is 15.4. The van der Waals surface area contributed by atoms with Crippen LogP contribution in [0.2, 0.25) is 0 Å². The number of amides is 3. The van der Waals surface area contributed by atoms with E-state index in [0.717, 1.165) is 11.5 Å². The number of nitrogens with zero attached hydrogens (tertiary/aromatic N) is 12. The van der Waals surface area contributed by atoms with Gasteiger partial charge in [0, 0.05) is 86.9 Å². The summed E-state index contributed by atoms with van der Waals surface area (Å²) >= 11 is 0. The number of nitrogens with one attached hydrogen (secondary N) is 3. The Balaban J connectivity index is 0.640. The smallest absolute Gasteiger partial charge is 0.356 e. The summed E-state index contributed by atoms with van der Waals surface area (Å²) in [5, 5.41) is 114. The lowest BCUT2D eigenvalue weighted by atomic mass is 9.84. The number of aliphatic hydroxyl groups excluding tert-OH is 5. The number of aromatic nitrogens is 10. The zero-order valence-corrected chi connectivity index (χ0v) is 78.3. The van der Waals surface area contributed by atoms with Crippen molar-refractivity contribution in [2.24, 2.45) is 21.6 Å². The number of phenols is 1. The maximum Gasteiger partial charge on any atom is 0.356 e. The van der Waals surface area contributed by atoms with Crippen molar-refractivity contribution in [3.05, 3.63) is 96.1 Å². The van der Waals surface area contributed by atoms with Crippen molar-refractivity contribution < 1.29 is 154 Å². The first kappa shape index (κ1) is 110. The number of halogens is 1. The van der Waals surface area contributed by atoms with Gasteiger partial charge in [0.25, 0.3) is 0 Å². The van der Waals surface area contributed by atoms with Gasteiger partial charge < -0.3 is 142 Å². The second kappa shape index (κ2) is 60.0. The minimum Gasteiger partial charge on any atom is -0.505 e. The van der Waals surface area contributed by atoms with Gasteiger partial charge >= 0.3 is 5.97 Å². The van der Waals surface area contributed by atoms with E-state index in [1.165, 1.54) is 32.3 Å². The Bertz CT molecular complexity index is 4490. The SMILES string of the molecule is Cc1cn([C@@H]2[C@@H](O)[C@@H](O)[C@@H](COCCOCCOCCOCCNC(=O)CCOCC(COCCC(=O)NCCOCCOCCOCCOC[C@H]3O[C@@H](C)[C@H](n4cc(C)nn4)[C@@H](O)[C@H]3O)(COCCC(=O)NCCOCCOCCOCCOC[C@H]3O[C@@H](C)[C@H](C4C=C(C(=O)O)N=N4)C[C@H]3O)CC(=O)CCCOc3ccc4nc(-c5cn(-c6ccc(O)c(F)c6)nn5)ccc4c3)O[C@H]2C)nn1. The molecular formula is C90H134FN15O31. The molecule has 10 N–H and O–H groups in total. The zero-order chi connectivity index (χ0) is 97.5. The van der Waals surface area contributed by atoms with Gasteiger partial charge in [-0.1, -0.05) is 21.7 Å². The lowest BCUT2D eigenvalue weighted by Gasteiger charge is -2.41. The van der Waals surface area contributed by atoms with E-state index in [4.69, 9.17) is 95.0 Å². The molecule has 3 saturated heterocycles. The van der Waals surface area contributed by atoms with E-state index in [-0.39, 0.29) is 291 Å². The fraction of sp³-hybridized carbons (Fsp3) is 0.689. The number of carboxylic acids is 1. The van der Waals surface area contributed by atoms with Crippen LogP contribution in [0.3, 0.4) is 0 Å². The number of aliphatic hydroxyl groups is 5. The van der Waals surface area contributed by atoms with Gasteiger partial charge in [0.2, 0.25) is 17.7 Å². The number of azo groups is 1. The van der Waals surface area contributed by atoms with Crippen LogP contribution in [0.25, 0.3) is 28.0 Å². The average Bonchev–Trinajstić information content (AvgIpc) is 1.80. The molecule has 0 radical (unpaired) electrons. The Morgan fingerprint density at radius 3 is 1.38 bits per heavy atom. The molecule has 8 heterocycles. The minimum atomic E-state index is -1.20. The molecular weight excluding hydrogens is 1810 g/mol. The Morgan fingerprint density at radius 2 is 0.934 bits per heavy atom. The summed E-state index contributed by atoms with van der Waals surface area (Å²) < 4.78 is 129. The highest BCUT2D eigenvalue weighted by molar-refractivity contribution is 5.86. The molecule has 2 aromatic carbocycles. The van der Waals surface area contributed by atoms with Crippen LogP contribution in [0.15, 0.2) is 89.1 Å². The summed E-state index contributed by atoms with van der Waals surface area (Å²) in [7, 11) is 0. The van der Waals surface area contributed by atoms with Crippen molar-refractivity contribution >= 4 is 40.4 Å². The van der Waals surface area contributed by atoms with Gasteiger partial charge in [0.1, 0.15) is 72.0 Å². The molecule has 4 aliphatic rings. The molecule has 46 nitrogen and oxygen atoms in total. The molecule has 1 unspecified atom stereocenters. The van der Waals surface area contributed by atoms with Gasteiger partial charge in [0.05, 0.1) is 270 Å². The van der Waals surface area contributed by atoms with E-state index in [1.807, 2.05) is 19.1 Å². The fourth-order valence-electron chi connectivity index (χ4n) is 15.4. The molecule has 15 atom stereocenters. The lowest BCUT2D eigenvalue weighted by molar-refractivity contribution is -0.206. The molecule has 6 aromatic rings. The van der Waals surface area contributed by atoms with E-state index in [0.29, 0.717) is 59.2 Å². The number of hydrogen-bond acceptors (Lipinski definition) is 39. The maximum atomic E-state index is 14.3. The number of aryl methyl sites for hydroxylation is 2. The van der Waals surface area contributed by atoms with Gasteiger partial charge in [-0.3, -0.25) is 19.2 Å². The Kier molecular flexibility index (Phi) is 48.1. The molecule has 10 rings (SSSR count). The first-order chi connectivity index (χ1) is 66.4.